The van der Waals surface area contributed by atoms with Gasteiger partial charge in [0.1, 0.15) is 5.82 Å². The Labute approximate surface area is 115 Å². The Kier molecular flexibility index (Phi) is 3.89. The molecule has 1 fully saturated rings. The molecule has 0 spiro atoms. The molecule has 2 aliphatic rings. The monoisotopic (exact) mass is 263 g/mol. The smallest absolute Gasteiger partial charge is 0.112 e. The van der Waals surface area contributed by atoms with E-state index in [1.165, 1.54) is 50.3 Å². The lowest BCUT2D eigenvalue weighted by Crippen LogP contribution is -2.30. The number of hydrogen-bond acceptors (Lipinski definition) is 3. The maximum atomic E-state index is 9.22. The van der Waals surface area contributed by atoms with Crippen molar-refractivity contribution in [3.8, 4) is 0 Å². The van der Waals surface area contributed by atoms with Crippen molar-refractivity contribution in [3.05, 3.63) is 17.2 Å². The standard InChI is InChI=1S/C15H25N3O/c1-17-9-5-12(6-10-17)15-16-13(7-11-19)14-4-2-3-8-18(14)15/h12,19H,2-11H2,1H3. The van der Waals surface area contributed by atoms with Gasteiger partial charge in [-0.15, -0.1) is 0 Å². The molecule has 4 heteroatoms. The molecule has 0 atom stereocenters. The van der Waals surface area contributed by atoms with Crippen LogP contribution in [0.3, 0.4) is 0 Å². The number of nitrogens with zero attached hydrogens (tertiary/aromatic N) is 3. The van der Waals surface area contributed by atoms with E-state index < -0.39 is 0 Å². The molecule has 1 N–H and O–H groups in total. The molecule has 3 rings (SSSR count). The molecule has 0 saturated carbocycles. The summed E-state index contributed by atoms with van der Waals surface area (Å²) in [4.78, 5) is 7.32. The molecule has 0 bridgehead atoms. The topological polar surface area (TPSA) is 41.3 Å². The highest BCUT2D eigenvalue weighted by Gasteiger charge is 2.27. The summed E-state index contributed by atoms with van der Waals surface area (Å²) in [6.45, 7) is 3.72. The van der Waals surface area contributed by atoms with E-state index in [2.05, 4.69) is 16.5 Å². The Morgan fingerprint density at radius 3 is 2.74 bits per heavy atom. The first kappa shape index (κ1) is 13.1. The fourth-order valence-corrected chi connectivity index (χ4v) is 3.53. The molecule has 0 radical (unpaired) electrons. The molecule has 106 valence electrons. The van der Waals surface area contributed by atoms with Crippen LogP contribution < -0.4 is 0 Å². The van der Waals surface area contributed by atoms with Crippen LogP contribution >= 0.6 is 0 Å². The molecular formula is C15H25N3O. The third kappa shape index (κ3) is 2.56. The molecule has 19 heavy (non-hydrogen) atoms. The Hall–Kier alpha value is -0.870. The van der Waals surface area contributed by atoms with Gasteiger partial charge in [0.15, 0.2) is 0 Å². The molecule has 1 aromatic heterocycles. The van der Waals surface area contributed by atoms with E-state index in [1.807, 2.05) is 0 Å². The molecular weight excluding hydrogens is 238 g/mol. The quantitative estimate of drug-likeness (QED) is 0.900. The average molecular weight is 263 g/mol. The lowest BCUT2D eigenvalue weighted by molar-refractivity contribution is 0.247. The van der Waals surface area contributed by atoms with E-state index in [0.717, 1.165) is 25.1 Å². The van der Waals surface area contributed by atoms with Crippen LogP contribution in [0.2, 0.25) is 0 Å². The number of aromatic nitrogens is 2. The highest BCUT2D eigenvalue weighted by Crippen LogP contribution is 2.31. The van der Waals surface area contributed by atoms with Gasteiger partial charge in [0.25, 0.3) is 0 Å². The molecule has 4 nitrogen and oxygen atoms in total. The van der Waals surface area contributed by atoms with Crippen LogP contribution in [0.25, 0.3) is 0 Å². The molecule has 0 aliphatic carbocycles. The lowest BCUT2D eigenvalue weighted by atomic mass is 9.96. The predicted molar refractivity (Wildman–Crippen MR) is 75.4 cm³/mol. The van der Waals surface area contributed by atoms with Gasteiger partial charge in [-0.3, -0.25) is 0 Å². The van der Waals surface area contributed by atoms with Crippen molar-refractivity contribution in [1.29, 1.82) is 0 Å². The van der Waals surface area contributed by atoms with E-state index >= 15 is 0 Å². The zero-order valence-corrected chi connectivity index (χ0v) is 11.9. The second kappa shape index (κ2) is 5.63. The van der Waals surface area contributed by atoms with Crippen LogP contribution in [0, 0.1) is 0 Å². The van der Waals surface area contributed by atoms with E-state index in [4.69, 9.17) is 4.98 Å². The maximum absolute atomic E-state index is 9.22. The van der Waals surface area contributed by atoms with Gasteiger partial charge in [-0.05, 0) is 52.2 Å². The molecule has 3 heterocycles. The highest BCUT2D eigenvalue weighted by atomic mass is 16.3. The second-order valence-corrected chi connectivity index (χ2v) is 6.02. The van der Waals surface area contributed by atoms with Crippen molar-refractivity contribution in [2.75, 3.05) is 26.7 Å². The van der Waals surface area contributed by atoms with Crippen molar-refractivity contribution in [2.45, 2.75) is 51.0 Å². The SMILES string of the molecule is CN1CCC(c2nc(CCO)c3n2CCCC3)CC1. The van der Waals surface area contributed by atoms with E-state index in [9.17, 15) is 5.11 Å². The first-order valence-corrected chi connectivity index (χ1v) is 7.67. The Balaban J connectivity index is 1.88. The number of hydrogen-bond donors (Lipinski definition) is 1. The van der Waals surface area contributed by atoms with Crippen LogP contribution in [0.1, 0.15) is 48.8 Å². The second-order valence-electron chi connectivity index (χ2n) is 6.02. The van der Waals surface area contributed by atoms with Gasteiger partial charge < -0.3 is 14.6 Å². The van der Waals surface area contributed by atoms with Gasteiger partial charge in [0.2, 0.25) is 0 Å². The van der Waals surface area contributed by atoms with Crippen molar-refractivity contribution in [2.24, 2.45) is 0 Å². The lowest BCUT2D eigenvalue weighted by Gasteiger charge is -2.29. The van der Waals surface area contributed by atoms with Gasteiger partial charge in [-0.2, -0.15) is 0 Å². The minimum atomic E-state index is 0.219. The number of imidazole rings is 1. The summed E-state index contributed by atoms with van der Waals surface area (Å²) in [6.07, 6.45) is 6.88. The number of piperidine rings is 1. The summed E-state index contributed by atoms with van der Waals surface area (Å²) in [5.41, 5.74) is 2.57. The largest absolute Gasteiger partial charge is 0.396 e. The average Bonchev–Trinajstić information content (AvgIpc) is 2.80. The van der Waals surface area contributed by atoms with Gasteiger partial charge in [-0.25, -0.2) is 4.98 Å². The number of rotatable bonds is 3. The van der Waals surface area contributed by atoms with Crippen LogP contribution in [0.5, 0.6) is 0 Å². The van der Waals surface area contributed by atoms with Crippen molar-refractivity contribution < 1.29 is 5.11 Å². The van der Waals surface area contributed by atoms with Gasteiger partial charge in [0.05, 0.1) is 5.69 Å². The maximum Gasteiger partial charge on any atom is 0.112 e. The number of aliphatic hydroxyl groups is 1. The Bertz CT molecular complexity index is 433. The van der Waals surface area contributed by atoms with Crippen molar-refractivity contribution >= 4 is 0 Å². The first-order valence-electron chi connectivity index (χ1n) is 7.67. The zero-order chi connectivity index (χ0) is 13.2. The summed E-state index contributed by atoms with van der Waals surface area (Å²) < 4.78 is 2.48. The van der Waals surface area contributed by atoms with E-state index in [0.29, 0.717) is 5.92 Å². The number of aliphatic hydroxyl groups excluding tert-OH is 1. The van der Waals surface area contributed by atoms with Crippen LogP contribution in [-0.2, 0) is 19.4 Å². The zero-order valence-electron chi connectivity index (χ0n) is 11.9. The molecule has 2 aliphatic heterocycles. The van der Waals surface area contributed by atoms with Crippen molar-refractivity contribution in [3.63, 3.8) is 0 Å². The molecule has 1 aromatic rings. The van der Waals surface area contributed by atoms with Crippen LogP contribution in [0.4, 0.5) is 0 Å². The minimum absolute atomic E-state index is 0.219. The first-order chi connectivity index (χ1) is 9.29. The van der Waals surface area contributed by atoms with Crippen LogP contribution in [0.15, 0.2) is 0 Å². The predicted octanol–water partition coefficient (Wildman–Crippen LogP) is 1.56. The van der Waals surface area contributed by atoms with Gasteiger partial charge in [-0.1, -0.05) is 0 Å². The normalized spacial score (nSPS) is 21.6. The summed E-state index contributed by atoms with van der Waals surface area (Å²) in [6, 6.07) is 0. The summed E-state index contributed by atoms with van der Waals surface area (Å²) in [5.74, 6) is 1.94. The highest BCUT2D eigenvalue weighted by molar-refractivity contribution is 5.22. The molecule has 0 amide bonds. The molecule has 0 unspecified atom stereocenters. The summed E-state index contributed by atoms with van der Waals surface area (Å²) >= 11 is 0. The fraction of sp³-hybridized carbons (Fsp3) is 0.800. The summed E-state index contributed by atoms with van der Waals surface area (Å²) in [5, 5.41) is 9.22. The Morgan fingerprint density at radius 1 is 1.21 bits per heavy atom. The van der Waals surface area contributed by atoms with E-state index in [1.54, 1.807) is 0 Å². The third-order valence-electron chi connectivity index (χ3n) is 4.66. The molecule has 1 saturated heterocycles. The van der Waals surface area contributed by atoms with Gasteiger partial charge >= 0.3 is 0 Å². The van der Waals surface area contributed by atoms with E-state index in [-0.39, 0.29) is 6.61 Å². The summed E-state index contributed by atoms with van der Waals surface area (Å²) in [7, 11) is 2.20. The Morgan fingerprint density at radius 2 is 2.00 bits per heavy atom. The van der Waals surface area contributed by atoms with Gasteiger partial charge in [0, 0.05) is 31.2 Å². The molecule has 0 aromatic carbocycles. The van der Waals surface area contributed by atoms with Crippen LogP contribution in [-0.4, -0.2) is 46.3 Å². The minimum Gasteiger partial charge on any atom is -0.396 e. The van der Waals surface area contributed by atoms with Crippen molar-refractivity contribution in [1.82, 2.24) is 14.5 Å². The fourth-order valence-electron chi connectivity index (χ4n) is 3.53. The number of fused-ring (bicyclic) bond motifs is 1. The number of likely N-dealkylation sites (tertiary alicyclic amines) is 1. The third-order valence-corrected chi connectivity index (χ3v) is 4.66.